The third-order valence-corrected chi connectivity index (χ3v) is 2.44. The molecule has 0 aromatic carbocycles. The number of aliphatic carboxylic acids is 1. The summed E-state index contributed by atoms with van der Waals surface area (Å²) < 4.78 is 22.2. The zero-order valence-corrected chi connectivity index (χ0v) is 10.1. The van der Waals surface area contributed by atoms with Crippen molar-refractivity contribution in [1.82, 2.24) is 0 Å². The number of nitrogens with zero attached hydrogens (tertiary/aromatic N) is 1. The molecule has 0 spiro atoms. The zero-order valence-electron chi connectivity index (χ0n) is 13.1. The summed E-state index contributed by atoms with van der Waals surface area (Å²) in [7, 11) is 4.46. The molecule has 0 aromatic heterocycles. The van der Waals surface area contributed by atoms with Gasteiger partial charge in [0, 0.05) is 22.9 Å². The van der Waals surface area contributed by atoms with Gasteiger partial charge >= 0.3 is 0 Å². The van der Waals surface area contributed by atoms with Gasteiger partial charge in [0.2, 0.25) is 0 Å². The molecule has 5 heteroatoms. The van der Waals surface area contributed by atoms with Crippen LogP contribution in [0.2, 0.25) is 0 Å². The van der Waals surface area contributed by atoms with E-state index >= 15 is 0 Å². The van der Waals surface area contributed by atoms with Crippen LogP contribution >= 0.6 is 0 Å². The maximum atomic E-state index is 11.9. The molecule has 0 aliphatic rings. The van der Waals surface area contributed by atoms with Crippen LogP contribution in [-0.2, 0) is 9.59 Å². The highest BCUT2D eigenvalue weighted by Crippen LogP contribution is 2.24. The fourth-order valence-electron chi connectivity index (χ4n) is 1.51. The molecule has 0 aliphatic carbocycles. The van der Waals surface area contributed by atoms with E-state index in [1.165, 1.54) is 28.1 Å². The quantitative estimate of drug-likeness (QED) is 0.594. The summed E-state index contributed by atoms with van der Waals surface area (Å²) in [6.07, 6.45) is -1.19. The lowest BCUT2D eigenvalue weighted by Crippen LogP contribution is -2.62. The normalized spacial score (nSPS) is 21.2. The molecule has 0 amide bonds. The average Bonchev–Trinajstić information content (AvgIpc) is 2.09. The standard InChI is InChI=1S/C11H21NO4/c1-6-9(13)11(16,7-10(14)15)8(2)12(3,4)5/h8,16H,6-7H2,1-5H3/i2D3. The smallest absolute Gasteiger partial charge is 0.179 e. The number of rotatable bonds is 6. The number of aliphatic hydroxyl groups is 1. The summed E-state index contributed by atoms with van der Waals surface area (Å²) >= 11 is 0. The van der Waals surface area contributed by atoms with Gasteiger partial charge in [0.25, 0.3) is 0 Å². The molecule has 5 nitrogen and oxygen atoms in total. The lowest BCUT2D eigenvalue weighted by Gasteiger charge is -2.41. The van der Waals surface area contributed by atoms with E-state index in [-0.39, 0.29) is 10.9 Å². The van der Waals surface area contributed by atoms with E-state index in [2.05, 4.69) is 0 Å². The average molecular weight is 234 g/mol. The van der Waals surface area contributed by atoms with Crippen LogP contribution < -0.4 is 5.11 Å². The molecular formula is C11H21NO4. The molecule has 2 atom stereocenters. The SMILES string of the molecule is [2H]C([2H])([2H])C(C(O)(CC(=O)[O-])C(=O)CC)[N+](C)(C)C. The summed E-state index contributed by atoms with van der Waals surface area (Å²) in [4.78, 5) is 22.7. The van der Waals surface area contributed by atoms with Crippen molar-refractivity contribution in [2.75, 3.05) is 21.1 Å². The first-order valence-electron chi connectivity index (χ1n) is 6.53. The minimum absolute atomic E-state index is 0.156. The third kappa shape index (κ3) is 3.28. The largest absolute Gasteiger partial charge is 0.550 e. The van der Waals surface area contributed by atoms with Crippen LogP contribution in [0.5, 0.6) is 0 Å². The molecule has 94 valence electrons. The van der Waals surface area contributed by atoms with Crippen molar-refractivity contribution in [3.8, 4) is 0 Å². The Morgan fingerprint density at radius 1 is 1.50 bits per heavy atom. The van der Waals surface area contributed by atoms with Gasteiger partial charge < -0.3 is 19.5 Å². The third-order valence-electron chi connectivity index (χ3n) is 2.44. The van der Waals surface area contributed by atoms with Crippen LogP contribution in [0, 0.1) is 0 Å². The lowest BCUT2D eigenvalue weighted by molar-refractivity contribution is -0.900. The Morgan fingerprint density at radius 2 is 2.00 bits per heavy atom. The molecule has 0 aromatic rings. The summed E-state index contributed by atoms with van der Waals surface area (Å²) in [6, 6.07) is -1.55. The van der Waals surface area contributed by atoms with E-state index in [4.69, 9.17) is 4.11 Å². The van der Waals surface area contributed by atoms with Crippen molar-refractivity contribution in [3.63, 3.8) is 0 Å². The predicted molar refractivity (Wildman–Crippen MR) is 57.4 cm³/mol. The van der Waals surface area contributed by atoms with Gasteiger partial charge in [0.05, 0.1) is 21.1 Å². The topological polar surface area (TPSA) is 77.4 Å². The molecule has 0 saturated heterocycles. The van der Waals surface area contributed by atoms with Gasteiger partial charge in [-0.2, -0.15) is 0 Å². The van der Waals surface area contributed by atoms with E-state index in [0.29, 0.717) is 0 Å². The van der Waals surface area contributed by atoms with E-state index in [1.54, 1.807) is 0 Å². The first-order chi connectivity index (χ1) is 8.26. The van der Waals surface area contributed by atoms with Crippen LogP contribution in [0.15, 0.2) is 0 Å². The molecule has 0 fully saturated rings. The fourth-order valence-corrected chi connectivity index (χ4v) is 1.51. The van der Waals surface area contributed by atoms with Gasteiger partial charge in [-0.3, -0.25) is 4.79 Å². The highest BCUT2D eigenvalue weighted by molar-refractivity contribution is 5.90. The predicted octanol–water partition coefficient (Wildman–Crippen LogP) is -1.07. The number of likely N-dealkylation sites (N-methyl/N-ethyl adjacent to an activating group) is 1. The van der Waals surface area contributed by atoms with Crippen molar-refractivity contribution in [2.45, 2.75) is 38.3 Å². The second-order valence-electron chi connectivity index (χ2n) is 4.77. The number of Topliss-reactive ketones (excluding diaryl/α,β-unsaturated/α-hetero) is 1. The number of carbonyl (C=O) groups is 2. The number of carbonyl (C=O) groups excluding carboxylic acids is 2. The van der Waals surface area contributed by atoms with Crippen molar-refractivity contribution in [3.05, 3.63) is 0 Å². The highest BCUT2D eigenvalue weighted by Gasteiger charge is 2.47. The molecule has 16 heavy (non-hydrogen) atoms. The highest BCUT2D eigenvalue weighted by atomic mass is 16.4. The Labute approximate surface area is 100 Å². The second-order valence-corrected chi connectivity index (χ2v) is 4.77. The molecule has 0 rings (SSSR count). The van der Waals surface area contributed by atoms with Gasteiger partial charge in [-0.15, -0.1) is 0 Å². The fraction of sp³-hybridized carbons (Fsp3) is 0.818. The monoisotopic (exact) mass is 234 g/mol. The van der Waals surface area contributed by atoms with Gasteiger partial charge in [-0.1, -0.05) is 6.92 Å². The minimum atomic E-state index is -2.69. The Morgan fingerprint density at radius 3 is 2.25 bits per heavy atom. The lowest BCUT2D eigenvalue weighted by atomic mass is 9.84. The first-order valence-corrected chi connectivity index (χ1v) is 5.03. The number of carboxylic acid groups (broad SMARTS) is 1. The molecule has 0 bridgehead atoms. The first kappa shape index (κ1) is 10.2. The maximum absolute atomic E-state index is 11.9. The number of hydrogen-bond acceptors (Lipinski definition) is 4. The molecular weight excluding hydrogens is 210 g/mol. The van der Waals surface area contributed by atoms with Gasteiger partial charge in [0.15, 0.2) is 11.4 Å². The Balaban J connectivity index is 5.91. The van der Waals surface area contributed by atoms with Gasteiger partial charge in [0.1, 0.15) is 6.04 Å². The van der Waals surface area contributed by atoms with Crippen LogP contribution in [0.4, 0.5) is 0 Å². The van der Waals surface area contributed by atoms with Crippen LogP contribution in [0.25, 0.3) is 0 Å². The summed E-state index contributed by atoms with van der Waals surface area (Å²) in [5.41, 5.74) is -2.48. The molecule has 2 unspecified atom stereocenters. The van der Waals surface area contributed by atoms with E-state index in [9.17, 15) is 19.8 Å². The maximum Gasteiger partial charge on any atom is 0.179 e. The molecule has 0 heterocycles. The Kier molecular flexibility index (Phi) is 3.15. The van der Waals surface area contributed by atoms with Crippen LogP contribution in [-0.4, -0.2) is 54.1 Å². The van der Waals surface area contributed by atoms with Crippen molar-refractivity contribution in [2.24, 2.45) is 0 Å². The molecule has 0 radical (unpaired) electrons. The Hall–Kier alpha value is -0.940. The van der Waals surface area contributed by atoms with E-state index < -0.39 is 36.7 Å². The van der Waals surface area contributed by atoms with Gasteiger partial charge in [-0.25, -0.2) is 0 Å². The van der Waals surface area contributed by atoms with Crippen molar-refractivity contribution < 1.29 is 28.4 Å². The number of quaternary nitrogens is 1. The summed E-state index contributed by atoms with van der Waals surface area (Å²) in [6.45, 7) is -1.25. The molecule has 0 saturated carbocycles. The molecule has 1 N–H and O–H groups in total. The van der Waals surface area contributed by atoms with Gasteiger partial charge in [-0.05, 0) is 6.85 Å². The van der Waals surface area contributed by atoms with Crippen LogP contribution in [0.3, 0.4) is 0 Å². The van der Waals surface area contributed by atoms with E-state index in [1.807, 2.05) is 0 Å². The number of ketones is 1. The summed E-state index contributed by atoms with van der Waals surface area (Å²) in [5, 5.41) is 21.2. The van der Waals surface area contributed by atoms with Crippen molar-refractivity contribution in [1.29, 1.82) is 0 Å². The number of carboxylic acids is 1. The molecule has 0 aliphatic heterocycles. The van der Waals surface area contributed by atoms with E-state index in [0.717, 1.165) is 0 Å². The zero-order chi connectivity index (χ0) is 15.6. The minimum Gasteiger partial charge on any atom is -0.550 e. The summed E-state index contributed by atoms with van der Waals surface area (Å²) in [5.74, 6) is -2.47. The van der Waals surface area contributed by atoms with Crippen molar-refractivity contribution >= 4 is 11.8 Å². The van der Waals surface area contributed by atoms with Crippen LogP contribution in [0.1, 0.15) is 30.7 Å². The second kappa shape index (κ2) is 4.93. The Bertz CT molecular complexity index is 348. The number of hydrogen-bond donors (Lipinski definition) is 1.